The Kier molecular flexibility index (Phi) is 3.54. The Morgan fingerprint density at radius 2 is 1.89 bits per heavy atom. The molecule has 0 spiro atoms. The maximum atomic E-state index is 11.8. The highest BCUT2D eigenvalue weighted by Gasteiger charge is 2.37. The molecule has 2 fully saturated rings. The van der Waals surface area contributed by atoms with Gasteiger partial charge in [0.25, 0.3) is 0 Å². The number of piperidine rings is 1. The van der Waals surface area contributed by atoms with Crippen LogP contribution in [0.5, 0.6) is 0 Å². The van der Waals surface area contributed by atoms with Gasteiger partial charge in [0, 0.05) is 25.0 Å². The van der Waals surface area contributed by atoms with Crippen molar-refractivity contribution >= 4 is 17.8 Å². The summed E-state index contributed by atoms with van der Waals surface area (Å²) in [5.41, 5.74) is 0. The van der Waals surface area contributed by atoms with Crippen molar-refractivity contribution < 1.29 is 14.4 Å². The lowest BCUT2D eigenvalue weighted by molar-refractivity contribution is -0.136. The van der Waals surface area contributed by atoms with Crippen molar-refractivity contribution in [1.29, 1.82) is 0 Å². The first kappa shape index (κ1) is 12.9. The Morgan fingerprint density at radius 1 is 1.28 bits per heavy atom. The number of carbonyl (C=O) groups is 3. The van der Waals surface area contributed by atoms with E-state index in [-0.39, 0.29) is 36.3 Å². The van der Waals surface area contributed by atoms with E-state index in [1.54, 1.807) is 0 Å². The standard InChI is InChI=1S/C12H19N3O3/c1-8(2)11(17)14-5-3-9(4-6-14)15-10(16)7-13-12(15)18/h8-9H,3-7H2,1-2H3,(H,13,18). The van der Waals surface area contributed by atoms with Crippen molar-refractivity contribution in [2.24, 2.45) is 5.92 Å². The number of carbonyl (C=O) groups excluding carboxylic acids is 3. The van der Waals surface area contributed by atoms with Gasteiger partial charge in [-0.15, -0.1) is 0 Å². The van der Waals surface area contributed by atoms with Crippen molar-refractivity contribution in [2.75, 3.05) is 19.6 Å². The largest absolute Gasteiger partial charge is 0.342 e. The first-order valence-electron chi connectivity index (χ1n) is 6.39. The van der Waals surface area contributed by atoms with E-state index >= 15 is 0 Å². The van der Waals surface area contributed by atoms with E-state index in [0.29, 0.717) is 25.9 Å². The molecule has 18 heavy (non-hydrogen) atoms. The molecule has 6 heteroatoms. The summed E-state index contributed by atoms with van der Waals surface area (Å²) >= 11 is 0. The van der Waals surface area contributed by atoms with Crippen LogP contribution in [0.3, 0.4) is 0 Å². The summed E-state index contributed by atoms with van der Waals surface area (Å²) in [4.78, 5) is 38.0. The van der Waals surface area contributed by atoms with Crippen LogP contribution < -0.4 is 5.32 Å². The summed E-state index contributed by atoms with van der Waals surface area (Å²) in [6.07, 6.45) is 1.36. The number of amides is 4. The number of hydrogen-bond acceptors (Lipinski definition) is 3. The van der Waals surface area contributed by atoms with Crippen molar-refractivity contribution in [3.05, 3.63) is 0 Å². The number of rotatable bonds is 2. The number of urea groups is 1. The number of hydrogen-bond donors (Lipinski definition) is 1. The monoisotopic (exact) mass is 253 g/mol. The molecular weight excluding hydrogens is 234 g/mol. The Labute approximate surface area is 106 Å². The molecule has 2 heterocycles. The predicted octanol–water partition coefficient (Wildman–Crippen LogP) is 0.185. The Morgan fingerprint density at radius 3 is 2.33 bits per heavy atom. The first-order chi connectivity index (χ1) is 8.50. The Bertz CT molecular complexity index is 357. The molecule has 6 nitrogen and oxygen atoms in total. The van der Waals surface area contributed by atoms with E-state index in [0.717, 1.165) is 0 Å². The average Bonchev–Trinajstić information content (AvgIpc) is 2.68. The van der Waals surface area contributed by atoms with Crippen LogP contribution in [0.15, 0.2) is 0 Å². The molecule has 1 N–H and O–H groups in total. The van der Waals surface area contributed by atoms with Crippen LogP contribution in [-0.4, -0.2) is 53.3 Å². The predicted molar refractivity (Wildman–Crippen MR) is 64.7 cm³/mol. The maximum absolute atomic E-state index is 11.8. The molecular formula is C12H19N3O3. The summed E-state index contributed by atoms with van der Waals surface area (Å²) in [5, 5.41) is 2.53. The zero-order valence-electron chi connectivity index (χ0n) is 10.8. The Hall–Kier alpha value is -1.59. The SMILES string of the molecule is CC(C)C(=O)N1CCC(N2C(=O)CNC2=O)CC1. The van der Waals surface area contributed by atoms with Crippen LogP contribution in [0, 0.1) is 5.92 Å². The molecule has 2 rings (SSSR count). The van der Waals surface area contributed by atoms with Crippen LogP contribution >= 0.6 is 0 Å². The third-order valence-corrected chi connectivity index (χ3v) is 3.51. The highest BCUT2D eigenvalue weighted by atomic mass is 16.2. The second kappa shape index (κ2) is 4.96. The molecule has 2 saturated heterocycles. The molecule has 100 valence electrons. The zero-order valence-corrected chi connectivity index (χ0v) is 10.8. The van der Waals surface area contributed by atoms with Crippen molar-refractivity contribution in [1.82, 2.24) is 15.1 Å². The molecule has 0 aromatic heterocycles. The molecule has 0 atom stereocenters. The van der Waals surface area contributed by atoms with Crippen LogP contribution in [0.2, 0.25) is 0 Å². The minimum Gasteiger partial charge on any atom is -0.342 e. The van der Waals surface area contributed by atoms with E-state index in [9.17, 15) is 14.4 Å². The second-order valence-electron chi connectivity index (χ2n) is 5.13. The van der Waals surface area contributed by atoms with Gasteiger partial charge in [-0.3, -0.25) is 14.5 Å². The molecule has 2 aliphatic rings. The summed E-state index contributed by atoms with van der Waals surface area (Å²) in [5.74, 6) is -0.0162. The third-order valence-electron chi connectivity index (χ3n) is 3.51. The molecule has 0 saturated carbocycles. The molecule has 0 aromatic rings. The van der Waals surface area contributed by atoms with Gasteiger partial charge in [0.2, 0.25) is 11.8 Å². The zero-order chi connectivity index (χ0) is 13.3. The molecule has 0 bridgehead atoms. The van der Waals surface area contributed by atoms with Crippen LogP contribution in [0.1, 0.15) is 26.7 Å². The van der Waals surface area contributed by atoms with Gasteiger partial charge in [0.1, 0.15) is 0 Å². The molecule has 0 aromatic carbocycles. The summed E-state index contributed by atoms with van der Waals surface area (Å²) in [7, 11) is 0. The van der Waals surface area contributed by atoms with Crippen LogP contribution in [-0.2, 0) is 9.59 Å². The number of nitrogens with zero attached hydrogens (tertiary/aromatic N) is 2. The number of nitrogens with one attached hydrogen (secondary N) is 1. The van der Waals surface area contributed by atoms with Gasteiger partial charge in [0.15, 0.2) is 0 Å². The van der Waals surface area contributed by atoms with E-state index in [1.807, 2.05) is 18.7 Å². The average molecular weight is 253 g/mol. The number of likely N-dealkylation sites (tertiary alicyclic amines) is 1. The van der Waals surface area contributed by atoms with Gasteiger partial charge < -0.3 is 10.2 Å². The lowest BCUT2D eigenvalue weighted by Crippen LogP contribution is -2.49. The lowest BCUT2D eigenvalue weighted by atomic mass is 10.0. The minimum atomic E-state index is -0.298. The van der Waals surface area contributed by atoms with E-state index in [4.69, 9.17) is 0 Å². The van der Waals surface area contributed by atoms with Crippen molar-refractivity contribution in [3.63, 3.8) is 0 Å². The summed E-state index contributed by atoms with van der Waals surface area (Å²) in [6, 6.07) is -0.357. The van der Waals surface area contributed by atoms with E-state index in [2.05, 4.69) is 5.32 Å². The fourth-order valence-electron chi connectivity index (χ4n) is 2.51. The molecule has 0 radical (unpaired) electrons. The summed E-state index contributed by atoms with van der Waals surface area (Å²) < 4.78 is 0. The number of imide groups is 1. The van der Waals surface area contributed by atoms with Gasteiger partial charge in [-0.1, -0.05) is 13.8 Å². The fourth-order valence-corrected chi connectivity index (χ4v) is 2.51. The minimum absolute atomic E-state index is 0.00160. The Balaban J connectivity index is 1.92. The lowest BCUT2D eigenvalue weighted by Gasteiger charge is -2.36. The van der Waals surface area contributed by atoms with Crippen LogP contribution in [0.25, 0.3) is 0 Å². The van der Waals surface area contributed by atoms with Crippen molar-refractivity contribution in [2.45, 2.75) is 32.7 Å². The first-order valence-corrected chi connectivity index (χ1v) is 6.39. The third kappa shape index (κ3) is 2.32. The topological polar surface area (TPSA) is 69.7 Å². The van der Waals surface area contributed by atoms with Gasteiger partial charge in [-0.2, -0.15) is 0 Å². The normalized spacial score (nSPS) is 21.7. The van der Waals surface area contributed by atoms with E-state index in [1.165, 1.54) is 4.90 Å². The van der Waals surface area contributed by atoms with Gasteiger partial charge in [0.05, 0.1) is 6.54 Å². The maximum Gasteiger partial charge on any atom is 0.324 e. The van der Waals surface area contributed by atoms with Gasteiger partial charge in [-0.25, -0.2) is 4.79 Å². The van der Waals surface area contributed by atoms with Crippen molar-refractivity contribution in [3.8, 4) is 0 Å². The highest BCUT2D eigenvalue weighted by molar-refractivity contribution is 6.02. The van der Waals surface area contributed by atoms with E-state index < -0.39 is 0 Å². The smallest absolute Gasteiger partial charge is 0.324 e. The fraction of sp³-hybridized carbons (Fsp3) is 0.750. The molecule has 2 aliphatic heterocycles. The molecule has 0 unspecified atom stereocenters. The second-order valence-corrected chi connectivity index (χ2v) is 5.13. The van der Waals surface area contributed by atoms with Gasteiger partial charge in [-0.05, 0) is 12.8 Å². The quantitative estimate of drug-likeness (QED) is 0.714. The van der Waals surface area contributed by atoms with Crippen LogP contribution in [0.4, 0.5) is 4.79 Å². The molecule has 0 aliphatic carbocycles. The van der Waals surface area contributed by atoms with Gasteiger partial charge >= 0.3 is 6.03 Å². The molecule has 4 amide bonds. The summed E-state index contributed by atoms with van der Waals surface area (Å²) in [6.45, 7) is 5.11. The highest BCUT2D eigenvalue weighted by Crippen LogP contribution is 2.20.